The van der Waals surface area contributed by atoms with Crippen molar-refractivity contribution >= 4 is 17.4 Å². The average Bonchev–Trinajstić information content (AvgIpc) is 3.22. The molecule has 1 N–H and O–H groups in total. The normalized spacial score (nSPS) is 16.6. The van der Waals surface area contributed by atoms with Crippen LogP contribution in [0.25, 0.3) is 11.1 Å². The summed E-state index contributed by atoms with van der Waals surface area (Å²) in [6, 6.07) is 21.2. The molecule has 4 rings (SSSR count). The molecule has 0 radical (unpaired) electrons. The summed E-state index contributed by atoms with van der Waals surface area (Å²) in [4.78, 5) is 6.85. The fourth-order valence-corrected chi connectivity index (χ4v) is 5.18. The maximum Gasteiger partial charge on any atom is 0.0963 e. The van der Waals surface area contributed by atoms with Gasteiger partial charge in [0.1, 0.15) is 0 Å². The first-order valence-corrected chi connectivity index (χ1v) is 11.2. The van der Waals surface area contributed by atoms with E-state index in [1.54, 1.807) is 0 Å². The number of pyridine rings is 1. The topological polar surface area (TPSA) is 36.4 Å². The van der Waals surface area contributed by atoms with Crippen molar-refractivity contribution in [3.05, 3.63) is 78.0 Å². The van der Waals surface area contributed by atoms with Gasteiger partial charge in [0.25, 0.3) is 0 Å². The van der Waals surface area contributed by atoms with Crippen LogP contribution in [0, 0.1) is 0 Å². The fraction of sp³-hybridized carbons (Fsp3) is 0.320. The quantitative estimate of drug-likeness (QED) is 0.569. The second-order valence-electron chi connectivity index (χ2n) is 7.89. The molecule has 0 unspecified atom stereocenters. The maximum atomic E-state index is 10.1. The molecule has 0 bridgehead atoms. The Balaban J connectivity index is 1.55. The molecule has 1 aliphatic rings. The SMILES string of the molecule is CC(C)c1ccccc1-c1ccc(N2CC[C@H](Sc3ccccn3)C2)c(CO)c1. The number of aromatic nitrogens is 1. The maximum absolute atomic E-state index is 10.1. The van der Waals surface area contributed by atoms with Crippen LogP contribution in [0.5, 0.6) is 0 Å². The minimum atomic E-state index is 0.0571. The predicted molar refractivity (Wildman–Crippen MR) is 123 cm³/mol. The van der Waals surface area contributed by atoms with Gasteiger partial charge in [-0.15, -0.1) is 11.8 Å². The molecule has 0 aliphatic carbocycles. The van der Waals surface area contributed by atoms with Crippen LogP contribution in [0.15, 0.2) is 71.9 Å². The highest BCUT2D eigenvalue weighted by molar-refractivity contribution is 7.99. The van der Waals surface area contributed by atoms with Gasteiger partial charge in [-0.25, -0.2) is 4.98 Å². The van der Waals surface area contributed by atoms with Gasteiger partial charge >= 0.3 is 0 Å². The Morgan fingerprint density at radius 3 is 2.69 bits per heavy atom. The molecule has 29 heavy (non-hydrogen) atoms. The van der Waals surface area contributed by atoms with E-state index in [1.807, 2.05) is 30.1 Å². The lowest BCUT2D eigenvalue weighted by atomic mass is 9.91. The molecule has 0 amide bonds. The lowest BCUT2D eigenvalue weighted by Crippen LogP contribution is -2.21. The predicted octanol–water partition coefficient (Wildman–Crippen LogP) is 5.74. The van der Waals surface area contributed by atoms with Crippen molar-refractivity contribution < 1.29 is 5.11 Å². The molecular formula is C25H28N2OS. The summed E-state index contributed by atoms with van der Waals surface area (Å²) in [5.41, 5.74) is 5.94. The first kappa shape index (κ1) is 20.0. The first-order chi connectivity index (χ1) is 14.2. The standard InChI is InChI=1S/C25H28N2OS/c1-18(2)22-7-3-4-8-23(22)19-10-11-24(20(15-19)17-28)27-14-12-21(16-27)29-25-9-5-6-13-26-25/h3-11,13,15,18,21,28H,12,14,16-17H2,1-2H3/t21-/m0/s1. The van der Waals surface area contributed by atoms with Gasteiger partial charge in [-0.1, -0.05) is 50.2 Å². The Morgan fingerprint density at radius 2 is 1.93 bits per heavy atom. The van der Waals surface area contributed by atoms with Gasteiger partial charge in [-0.05, 0) is 53.3 Å². The monoisotopic (exact) mass is 404 g/mol. The number of rotatable bonds is 6. The number of thioether (sulfide) groups is 1. The summed E-state index contributed by atoms with van der Waals surface area (Å²) in [6.07, 6.45) is 2.98. The number of aliphatic hydroxyl groups is 1. The zero-order valence-electron chi connectivity index (χ0n) is 17.1. The first-order valence-electron chi connectivity index (χ1n) is 10.3. The lowest BCUT2D eigenvalue weighted by Gasteiger charge is -2.23. The third-order valence-corrected chi connectivity index (χ3v) is 6.76. The van der Waals surface area contributed by atoms with Gasteiger partial charge < -0.3 is 10.0 Å². The molecule has 2 aromatic carbocycles. The van der Waals surface area contributed by atoms with Crippen LogP contribution in [-0.4, -0.2) is 28.4 Å². The highest BCUT2D eigenvalue weighted by Gasteiger charge is 2.25. The molecule has 0 spiro atoms. The Bertz CT molecular complexity index is 958. The largest absolute Gasteiger partial charge is 0.392 e. The number of hydrogen-bond donors (Lipinski definition) is 1. The van der Waals surface area contributed by atoms with Crippen molar-refractivity contribution in [2.75, 3.05) is 18.0 Å². The number of anilines is 1. The summed E-state index contributed by atoms with van der Waals surface area (Å²) < 4.78 is 0. The molecule has 2 heterocycles. The lowest BCUT2D eigenvalue weighted by molar-refractivity contribution is 0.282. The van der Waals surface area contributed by atoms with E-state index in [2.05, 4.69) is 72.3 Å². The molecule has 0 saturated carbocycles. The number of aliphatic hydroxyl groups excluding tert-OH is 1. The molecule has 1 atom stereocenters. The van der Waals surface area contributed by atoms with Gasteiger partial charge in [-0.3, -0.25) is 0 Å². The third kappa shape index (κ3) is 4.49. The number of nitrogens with zero attached hydrogens (tertiary/aromatic N) is 2. The van der Waals surface area contributed by atoms with E-state index in [0.29, 0.717) is 11.2 Å². The van der Waals surface area contributed by atoms with E-state index >= 15 is 0 Å². The van der Waals surface area contributed by atoms with Gasteiger partial charge in [-0.2, -0.15) is 0 Å². The molecule has 1 fully saturated rings. The van der Waals surface area contributed by atoms with Gasteiger partial charge in [0.2, 0.25) is 0 Å². The summed E-state index contributed by atoms with van der Waals surface area (Å²) in [6.45, 7) is 6.50. The molecular weight excluding hydrogens is 376 g/mol. The number of benzene rings is 2. The van der Waals surface area contributed by atoms with E-state index in [1.165, 1.54) is 16.7 Å². The van der Waals surface area contributed by atoms with Gasteiger partial charge in [0, 0.05) is 35.8 Å². The zero-order chi connectivity index (χ0) is 20.2. The zero-order valence-corrected chi connectivity index (χ0v) is 17.9. The average molecular weight is 405 g/mol. The van der Waals surface area contributed by atoms with Crippen molar-refractivity contribution in [3.8, 4) is 11.1 Å². The fourth-order valence-electron chi connectivity index (χ4n) is 4.08. The van der Waals surface area contributed by atoms with Crippen LogP contribution in [0.3, 0.4) is 0 Å². The highest BCUT2D eigenvalue weighted by atomic mass is 32.2. The Labute approximate surface area is 177 Å². The van der Waals surface area contributed by atoms with Crippen LogP contribution in [0.4, 0.5) is 5.69 Å². The van der Waals surface area contributed by atoms with Crippen LogP contribution in [0.1, 0.15) is 37.3 Å². The van der Waals surface area contributed by atoms with E-state index in [4.69, 9.17) is 0 Å². The molecule has 4 heteroatoms. The summed E-state index contributed by atoms with van der Waals surface area (Å²) in [5, 5.41) is 11.7. The van der Waals surface area contributed by atoms with E-state index < -0.39 is 0 Å². The Hall–Kier alpha value is -2.30. The smallest absolute Gasteiger partial charge is 0.0963 e. The van der Waals surface area contributed by atoms with Crippen LogP contribution >= 0.6 is 11.8 Å². The van der Waals surface area contributed by atoms with Crippen molar-refractivity contribution in [2.24, 2.45) is 0 Å². The second-order valence-corrected chi connectivity index (χ2v) is 9.21. The third-order valence-electron chi connectivity index (χ3n) is 5.55. The molecule has 150 valence electrons. The van der Waals surface area contributed by atoms with Crippen LogP contribution in [-0.2, 0) is 6.61 Å². The van der Waals surface area contributed by atoms with Crippen molar-refractivity contribution in [1.29, 1.82) is 0 Å². The molecule has 1 saturated heterocycles. The minimum absolute atomic E-state index is 0.0571. The molecule has 3 aromatic rings. The van der Waals surface area contributed by atoms with Crippen LogP contribution < -0.4 is 4.90 Å². The van der Waals surface area contributed by atoms with Crippen molar-refractivity contribution in [3.63, 3.8) is 0 Å². The Morgan fingerprint density at radius 1 is 1.10 bits per heavy atom. The molecule has 1 aromatic heterocycles. The summed E-state index contributed by atoms with van der Waals surface area (Å²) in [5.74, 6) is 0.464. The van der Waals surface area contributed by atoms with Crippen molar-refractivity contribution in [2.45, 2.75) is 43.1 Å². The van der Waals surface area contributed by atoms with E-state index in [-0.39, 0.29) is 6.61 Å². The minimum Gasteiger partial charge on any atom is -0.392 e. The number of hydrogen-bond acceptors (Lipinski definition) is 4. The van der Waals surface area contributed by atoms with Gasteiger partial charge in [0.15, 0.2) is 0 Å². The molecule has 1 aliphatic heterocycles. The summed E-state index contributed by atoms with van der Waals surface area (Å²) in [7, 11) is 0. The van der Waals surface area contributed by atoms with E-state index in [9.17, 15) is 5.11 Å². The van der Waals surface area contributed by atoms with Gasteiger partial charge in [0.05, 0.1) is 11.6 Å². The van der Waals surface area contributed by atoms with E-state index in [0.717, 1.165) is 35.8 Å². The highest BCUT2D eigenvalue weighted by Crippen LogP contribution is 2.36. The Kier molecular flexibility index (Phi) is 6.22. The van der Waals surface area contributed by atoms with Crippen LogP contribution in [0.2, 0.25) is 0 Å². The second kappa shape index (κ2) is 9.02. The molecule has 3 nitrogen and oxygen atoms in total. The van der Waals surface area contributed by atoms with Crippen molar-refractivity contribution in [1.82, 2.24) is 4.98 Å². The summed E-state index contributed by atoms with van der Waals surface area (Å²) >= 11 is 1.85.